The van der Waals surface area contributed by atoms with Crippen molar-refractivity contribution in [3.05, 3.63) is 103 Å². The average molecular weight is 547 g/mol. The maximum absolute atomic E-state index is 4.85. The minimum absolute atomic E-state index is 0. The normalized spacial score (nSPS) is 11.2. The summed E-state index contributed by atoms with van der Waals surface area (Å²) in [5.74, 6) is 0. The van der Waals surface area contributed by atoms with E-state index in [-0.39, 0.29) is 20.1 Å². The van der Waals surface area contributed by atoms with E-state index in [1.165, 1.54) is 43.1 Å². The third-order valence-electron chi connectivity index (χ3n) is 5.61. The van der Waals surface area contributed by atoms with Gasteiger partial charge in [-0.3, -0.25) is 0 Å². The molecule has 0 saturated heterocycles. The molecular formula is C27H16IrN-. The van der Waals surface area contributed by atoms with Crippen molar-refractivity contribution in [2.75, 3.05) is 0 Å². The van der Waals surface area contributed by atoms with Gasteiger partial charge in [0.2, 0.25) is 0 Å². The topological polar surface area (TPSA) is 12.9 Å². The number of nitrogens with zero attached hydrogens (tertiary/aromatic N) is 1. The first-order valence-corrected chi connectivity index (χ1v) is 9.49. The Hall–Kier alpha value is -3.06. The minimum atomic E-state index is 0. The van der Waals surface area contributed by atoms with Gasteiger partial charge in [0, 0.05) is 31.7 Å². The van der Waals surface area contributed by atoms with Crippen molar-refractivity contribution in [1.82, 2.24) is 4.98 Å². The van der Waals surface area contributed by atoms with E-state index in [4.69, 9.17) is 4.98 Å². The Morgan fingerprint density at radius 3 is 1.79 bits per heavy atom. The first-order valence-electron chi connectivity index (χ1n) is 9.49. The van der Waals surface area contributed by atoms with E-state index in [1.54, 1.807) is 0 Å². The number of aromatic nitrogens is 1. The van der Waals surface area contributed by atoms with Gasteiger partial charge in [-0.15, -0.1) is 29.1 Å². The van der Waals surface area contributed by atoms with Crippen LogP contribution in [0.4, 0.5) is 0 Å². The summed E-state index contributed by atoms with van der Waals surface area (Å²) in [6.07, 6.45) is 2.02. The average Bonchev–Trinajstić information content (AvgIpc) is 2.78. The Morgan fingerprint density at radius 2 is 1.10 bits per heavy atom. The Labute approximate surface area is 182 Å². The van der Waals surface area contributed by atoms with Gasteiger partial charge < -0.3 is 4.98 Å². The summed E-state index contributed by atoms with van der Waals surface area (Å²) in [4.78, 5) is 4.85. The first-order chi connectivity index (χ1) is 13.9. The van der Waals surface area contributed by atoms with Crippen LogP contribution < -0.4 is 0 Å². The number of hydrogen-bond donors (Lipinski definition) is 0. The third-order valence-corrected chi connectivity index (χ3v) is 5.61. The van der Waals surface area contributed by atoms with E-state index < -0.39 is 0 Å². The van der Waals surface area contributed by atoms with E-state index in [0.29, 0.717) is 0 Å². The summed E-state index contributed by atoms with van der Waals surface area (Å²) in [6, 6.07) is 35.4. The SMILES string of the molecule is [Ir].[c-]1ccc2ccccc2c1-c1cc2c3ccccc3c3ccccc3c2cn1. The molecule has 0 aliphatic rings. The standard InChI is InChI=1S/C27H16N.Ir/c1-2-10-19-18(8-1)9-7-15-24(19)27-16-25-22-13-5-3-11-20(22)21-12-4-6-14-23(21)26(25)17-28-27;/h1-14,16-17H;/q-1;. The molecule has 0 saturated carbocycles. The van der Waals surface area contributed by atoms with Gasteiger partial charge in [-0.25, -0.2) is 0 Å². The van der Waals surface area contributed by atoms with Gasteiger partial charge in [-0.2, -0.15) is 0 Å². The van der Waals surface area contributed by atoms with E-state index >= 15 is 0 Å². The van der Waals surface area contributed by atoms with Crippen LogP contribution in [0.15, 0.2) is 97.2 Å². The van der Waals surface area contributed by atoms with Crippen LogP contribution in [0.1, 0.15) is 0 Å². The van der Waals surface area contributed by atoms with Crippen LogP contribution in [0.5, 0.6) is 0 Å². The van der Waals surface area contributed by atoms with Crippen LogP contribution in [0.3, 0.4) is 0 Å². The molecule has 1 aromatic heterocycles. The van der Waals surface area contributed by atoms with Crippen LogP contribution in [-0.2, 0) is 20.1 Å². The molecule has 0 fully saturated rings. The van der Waals surface area contributed by atoms with Gasteiger partial charge in [0.15, 0.2) is 0 Å². The van der Waals surface area contributed by atoms with Gasteiger partial charge in [0.05, 0.1) is 0 Å². The molecule has 1 nitrogen and oxygen atoms in total. The summed E-state index contributed by atoms with van der Waals surface area (Å²) >= 11 is 0. The molecule has 139 valence electrons. The fraction of sp³-hybridized carbons (Fsp3) is 0. The largest absolute Gasteiger partial charge is 0.304 e. The molecule has 0 bridgehead atoms. The molecule has 29 heavy (non-hydrogen) atoms. The second kappa shape index (κ2) is 7.08. The van der Waals surface area contributed by atoms with Crippen LogP contribution >= 0.6 is 0 Å². The van der Waals surface area contributed by atoms with E-state index in [9.17, 15) is 0 Å². The Balaban J connectivity index is 0.00000181. The maximum Gasteiger partial charge on any atom is 0.0245 e. The van der Waals surface area contributed by atoms with Gasteiger partial charge in [-0.1, -0.05) is 84.2 Å². The molecule has 2 heteroatoms. The quantitative estimate of drug-likeness (QED) is 0.158. The van der Waals surface area contributed by atoms with Gasteiger partial charge in [0.25, 0.3) is 0 Å². The van der Waals surface area contributed by atoms with E-state index in [1.807, 2.05) is 12.3 Å². The fourth-order valence-corrected chi connectivity index (χ4v) is 4.31. The molecule has 0 aliphatic carbocycles. The third kappa shape index (κ3) is 2.76. The molecule has 1 radical (unpaired) electrons. The summed E-state index contributed by atoms with van der Waals surface area (Å²) < 4.78 is 0. The molecule has 0 N–H and O–H groups in total. The summed E-state index contributed by atoms with van der Waals surface area (Å²) in [7, 11) is 0. The molecule has 0 spiro atoms. The molecule has 5 aromatic carbocycles. The molecule has 0 atom stereocenters. The zero-order valence-electron chi connectivity index (χ0n) is 15.5. The maximum atomic E-state index is 4.85. The number of rotatable bonds is 1. The predicted molar refractivity (Wildman–Crippen MR) is 119 cm³/mol. The van der Waals surface area contributed by atoms with Crippen molar-refractivity contribution in [2.24, 2.45) is 0 Å². The van der Waals surface area contributed by atoms with Gasteiger partial charge in [-0.05, 0) is 32.6 Å². The van der Waals surface area contributed by atoms with Crippen LogP contribution in [0, 0.1) is 6.07 Å². The summed E-state index contributed by atoms with van der Waals surface area (Å²) in [5, 5.41) is 9.89. The van der Waals surface area contributed by atoms with E-state index in [0.717, 1.165) is 11.3 Å². The number of hydrogen-bond acceptors (Lipinski definition) is 1. The van der Waals surface area contributed by atoms with Gasteiger partial charge >= 0.3 is 0 Å². The van der Waals surface area contributed by atoms with Gasteiger partial charge in [0.1, 0.15) is 0 Å². The second-order valence-corrected chi connectivity index (χ2v) is 7.15. The first kappa shape index (κ1) is 18.0. The fourth-order valence-electron chi connectivity index (χ4n) is 4.31. The van der Waals surface area contributed by atoms with Crippen molar-refractivity contribution in [3.8, 4) is 11.3 Å². The van der Waals surface area contributed by atoms with Crippen LogP contribution in [0.2, 0.25) is 0 Å². The molecule has 0 amide bonds. The Morgan fingerprint density at radius 1 is 0.552 bits per heavy atom. The summed E-state index contributed by atoms with van der Waals surface area (Å²) in [5.41, 5.74) is 2.02. The zero-order valence-corrected chi connectivity index (χ0v) is 17.9. The van der Waals surface area contributed by atoms with Crippen molar-refractivity contribution in [2.45, 2.75) is 0 Å². The van der Waals surface area contributed by atoms with Crippen molar-refractivity contribution >= 4 is 43.1 Å². The molecule has 0 aliphatic heterocycles. The van der Waals surface area contributed by atoms with Crippen molar-refractivity contribution < 1.29 is 20.1 Å². The molecule has 0 unspecified atom stereocenters. The summed E-state index contributed by atoms with van der Waals surface area (Å²) in [6.45, 7) is 0. The van der Waals surface area contributed by atoms with Crippen LogP contribution in [-0.4, -0.2) is 4.98 Å². The Bertz CT molecular complexity index is 1480. The van der Waals surface area contributed by atoms with Crippen molar-refractivity contribution in [3.63, 3.8) is 0 Å². The Kier molecular flexibility index (Phi) is 4.39. The molecule has 6 aromatic rings. The smallest absolute Gasteiger partial charge is 0.0245 e. The number of benzene rings is 5. The molecule has 6 rings (SSSR count). The second-order valence-electron chi connectivity index (χ2n) is 7.15. The zero-order chi connectivity index (χ0) is 18.5. The monoisotopic (exact) mass is 547 g/mol. The predicted octanol–water partition coefficient (Wildman–Crippen LogP) is 7.16. The minimum Gasteiger partial charge on any atom is -0.304 e. The van der Waals surface area contributed by atoms with Crippen LogP contribution in [0.25, 0.3) is 54.3 Å². The molecular weight excluding hydrogens is 531 g/mol. The van der Waals surface area contributed by atoms with Crippen molar-refractivity contribution in [1.29, 1.82) is 0 Å². The van der Waals surface area contributed by atoms with E-state index in [2.05, 4.69) is 91.0 Å². The number of fused-ring (bicyclic) bond motifs is 7. The number of pyridine rings is 1. The molecule has 1 heterocycles.